The lowest BCUT2D eigenvalue weighted by Crippen LogP contribution is -2.14. The highest BCUT2D eigenvalue weighted by Gasteiger charge is 2.10. The highest BCUT2D eigenvalue weighted by atomic mass is 16.2. The van der Waals surface area contributed by atoms with Crippen molar-refractivity contribution in [2.45, 2.75) is 26.7 Å². The average molecular weight is 296 g/mol. The number of nitrogens with one attached hydrogen (secondary N) is 1. The minimum Gasteiger partial charge on any atom is -0.370 e. The zero-order valence-corrected chi connectivity index (χ0v) is 12.8. The third kappa shape index (κ3) is 3.95. The average Bonchev–Trinajstić information content (AvgIpc) is 2.49. The number of benzene rings is 2. The van der Waals surface area contributed by atoms with Crippen molar-refractivity contribution in [3.05, 3.63) is 64.7 Å². The predicted octanol–water partition coefficient (Wildman–Crippen LogP) is 2.97. The minimum absolute atomic E-state index is 0.154. The van der Waals surface area contributed by atoms with Crippen LogP contribution >= 0.6 is 0 Å². The zero-order chi connectivity index (χ0) is 16.1. The van der Waals surface area contributed by atoms with E-state index in [2.05, 4.69) is 5.32 Å². The van der Waals surface area contributed by atoms with E-state index >= 15 is 0 Å². The highest BCUT2D eigenvalue weighted by Crippen LogP contribution is 2.20. The molecule has 114 valence electrons. The van der Waals surface area contributed by atoms with E-state index in [0.29, 0.717) is 12.0 Å². The maximum atomic E-state index is 12.4. The predicted molar refractivity (Wildman–Crippen MR) is 87.8 cm³/mol. The topological polar surface area (TPSA) is 72.2 Å². The van der Waals surface area contributed by atoms with E-state index in [1.807, 2.05) is 44.2 Å². The first-order chi connectivity index (χ1) is 10.5. The Morgan fingerprint density at radius 2 is 1.68 bits per heavy atom. The molecule has 0 aliphatic rings. The normalized spacial score (nSPS) is 10.3. The lowest BCUT2D eigenvalue weighted by molar-refractivity contribution is -0.117. The molecule has 0 radical (unpaired) electrons. The Morgan fingerprint density at radius 3 is 2.32 bits per heavy atom. The first-order valence-corrected chi connectivity index (χ1v) is 7.22. The molecular weight excluding hydrogens is 276 g/mol. The molecule has 2 rings (SSSR count). The van der Waals surface area contributed by atoms with E-state index in [4.69, 9.17) is 5.73 Å². The van der Waals surface area contributed by atoms with Gasteiger partial charge in [-0.25, -0.2) is 0 Å². The molecule has 0 spiro atoms. The van der Waals surface area contributed by atoms with Gasteiger partial charge < -0.3 is 11.1 Å². The van der Waals surface area contributed by atoms with Gasteiger partial charge in [0.2, 0.25) is 5.91 Å². The van der Waals surface area contributed by atoms with Gasteiger partial charge in [-0.1, -0.05) is 30.3 Å². The van der Waals surface area contributed by atoms with Gasteiger partial charge in [-0.15, -0.1) is 0 Å². The fourth-order valence-electron chi connectivity index (χ4n) is 2.33. The Kier molecular flexibility index (Phi) is 4.94. The van der Waals surface area contributed by atoms with Gasteiger partial charge in [-0.2, -0.15) is 0 Å². The van der Waals surface area contributed by atoms with Gasteiger partial charge in [-0.3, -0.25) is 9.59 Å². The molecule has 0 aliphatic heterocycles. The molecule has 0 unspecified atom stereocenters. The summed E-state index contributed by atoms with van der Waals surface area (Å²) in [6.07, 6.45) is 0.821. The second kappa shape index (κ2) is 6.89. The van der Waals surface area contributed by atoms with Crippen LogP contribution in [0.1, 0.15) is 33.5 Å². The van der Waals surface area contributed by atoms with Gasteiger partial charge in [0.25, 0.3) is 5.91 Å². The van der Waals surface area contributed by atoms with Crippen LogP contribution in [0.2, 0.25) is 0 Å². The molecule has 2 amide bonds. The lowest BCUT2D eigenvalue weighted by atomic mass is 10.0. The quantitative estimate of drug-likeness (QED) is 0.890. The van der Waals surface area contributed by atoms with Crippen LogP contribution in [0.25, 0.3) is 0 Å². The van der Waals surface area contributed by atoms with Crippen molar-refractivity contribution in [2.24, 2.45) is 5.73 Å². The third-order valence-electron chi connectivity index (χ3n) is 3.57. The summed E-state index contributed by atoms with van der Waals surface area (Å²) in [5.74, 6) is -0.497. The molecule has 2 aromatic rings. The monoisotopic (exact) mass is 296 g/mol. The number of hydrogen-bond acceptors (Lipinski definition) is 2. The van der Waals surface area contributed by atoms with Crippen LogP contribution in [0.5, 0.6) is 0 Å². The molecule has 3 N–H and O–H groups in total. The maximum Gasteiger partial charge on any atom is 0.255 e. The van der Waals surface area contributed by atoms with Crippen molar-refractivity contribution in [1.82, 2.24) is 0 Å². The molecule has 0 aliphatic carbocycles. The summed E-state index contributed by atoms with van der Waals surface area (Å²) in [5.41, 5.74) is 9.55. The van der Waals surface area contributed by atoms with Crippen LogP contribution in [0.4, 0.5) is 5.69 Å². The number of carbonyl (C=O) groups is 2. The summed E-state index contributed by atoms with van der Waals surface area (Å²) >= 11 is 0. The number of carbonyl (C=O) groups excluding carboxylic acids is 2. The van der Waals surface area contributed by atoms with Gasteiger partial charge in [-0.05, 0) is 49.1 Å². The Hall–Kier alpha value is -2.62. The van der Waals surface area contributed by atoms with Crippen molar-refractivity contribution < 1.29 is 9.59 Å². The molecule has 0 fully saturated rings. The summed E-state index contributed by atoms with van der Waals surface area (Å²) in [6, 6.07) is 13.2. The molecule has 0 heterocycles. The van der Waals surface area contributed by atoms with E-state index in [9.17, 15) is 9.59 Å². The summed E-state index contributed by atoms with van der Waals surface area (Å²) < 4.78 is 0. The summed E-state index contributed by atoms with van der Waals surface area (Å²) in [6.45, 7) is 3.93. The Labute approximate surface area is 130 Å². The Morgan fingerprint density at radius 1 is 1.05 bits per heavy atom. The van der Waals surface area contributed by atoms with Crippen LogP contribution in [-0.2, 0) is 11.2 Å². The molecule has 0 saturated carbocycles. The largest absolute Gasteiger partial charge is 0.370 e. The van der Waals surface area contributed by atoms with Crippen LogP contribution in [0, 0.1) is 13.8 Å². The summed E-state index contributed by atoms with van der Waals surface area (Å²) in [4.78, 5) is 23.3. The molecule has 0 atom stereocenters. The van der Waals surface area contributed by atoms with E-state index in [1.165, 1.54) is 0 Å². The van der Waals surface area contributed by atoms with Gasteiger partial charge in [0.05, 0.1) is 0 Å². The molecule has 22 heavy (non-hydrogen) atoms. The first-order valence-electron chi connectivity index (χ1n) is 7.22. The minimum atomic E-state index is -0.342. The Balaban J connectivity index is 2.16. The van der Waals surface area contributed by atoms with E-state index < -0.39 is 0 Å². The van der Waals surface area contributed by atoms with Gasteiger partial charge in [0, 0.05) is 17.7 Å². The molecule has 0 bridgehead atoms. The van der Waals surface area contributed by atoms with E-state index in [0.717, 1.165) is 22.4 Å². The highest BCUT2D eigenvalue weighted by molar-refractivity contribution is 6.05. The van der Waals surface area contributed by atoms with Crippen LogP contribution < -0.4 is 11.1 Å². The fraction of sp³-hybridized carbons (Fsp3) is 0.222. The smallest absolute Gasteiger partial charge is 0.255 e. The first kappa shape index (κ1) is 15.8. The number of rotatable bonds is 5. The summed E-state index contributed by atoms with van der Waals surface area (Å²) in [5, 5.41) is 2.96. The van der Waals surface area contributed by atoms with Crippen LogP contribution in [0.15, 0.2) is 42.5 Å². The van der Waals surface area contributed by atoms with Crippen molar-refractivity contribution in [3.8, 4) is 0 Å². The maximum absolute atomic E-state index is 12.4. The standard InChI is InChI=1S/C18H20N2O2/c1-12-5-3-6-13(2)17(12)20-18(22)15-8-4-7-14(11-15)9-10-16(19)21/h3-8,11H,9-10H2,1-2H3,(H2,19,21)(H,20,22). The van der Waals surface area contributed by atoms with Crippen molar-refractivity contribution in [3.63, 3.8) is 0 Å². The lowest BCUT2D eigenvalue weighted by Gasteiger charge is -2.12. The van der Waals surface area contributed by atoms with Crippen molar-refractivity contribution >= 4 is 17.5 Å². The SMILES string of the molecule is Cc1cccc(C)c1NC(=O)c1cccc(CCC(N)=O)c1. The summed E-state index contributed by atoms with van der Waals surface area (Å²) in [7, 11) is 0. The molecule has 4 nitrogen and oxygen atoms in total. The molecule has 2 aromatic carbocycles. The molecule has 4 heteroatoms. The number of hydrogen-bond donors (Lipinski definition) is 2. The number of amides is 2. The fourth-order valence-corrected chi connectivity index (χ4v) is 2.33. The Bertz CT molecular complexity index is 688. The van der Waals surface area contributed by atoms with E-state index in [1.54, 1.807) is 12.1 Å². The number of anilines is 1. The number of para-hydroxylation sites is 1. The van der Waals surface area contributed by atoms with Gasteiger partial charge in [0.15, 0.2) is 0 Å². The number of nitrogens with two attached hydrogens (primary N) is 1. The molecular formula is C18H20N2O2. The van der Waals surface area contributed by atoms with Gasteiger partial charge >= 0.3 is 0 Å². The molecule has 0 aromatic heterocycles. The second-order valence-corrected chi connectivity index (χ2v) is 5.39. The van der Waals surface area contributed by atoms with E-state index in [-0.39, 0.29) is 18.2 Å². The number of primary amides is 1. The van der Waals surface area contributed by atoms with Gasteiger partial charge in [0.1, 0.15) is 0 Å². The second-order valence-electron chi connectivity index (χ2n) is 5.39. The van der Waals surface area contributed by atoms with Crippen LogP contribution in [0.3, 0.4) is 0 Å². The van der Waals surface area contributed by atoms with Crippen molar-refractivity contribution in [1.29, 1.82) is 0 Å². The molecule has 0 saturated heterocycles. The van der Waals surface area contributed by atoms with Crippen LogP contribution in [-0.4, -0.2) is 11.8 Å². The zero-order valence-electron chi connectivity index (χ0n) is 12.8. The third-order valence-corrected chi connectivity index (χ3v) is 3.57. The van der Waals surface area contributed by atoms with Crippen molar-refractivity contribution in [2.75, 3.05) is 5.32 Å². The number of aryl methyl sites for hydroxylation is 3.